The molecular formula is C13H22N4O2. The maximum absolute atomic E-state index is 9.36. The summed E-state index contributed by atoms with van der Waals surface area (Å²) in [5.74, 6) is 1.73. The maximum Gasteiger partial charge on any atom is 0.137 e. The molecule has 6 heteroatoms. The molecule has 2 rings (SSSR count). The minimum Gasteiger partial charge on any atom is -0.394 e. The van der Waals surface area contributed by atoms with Crippen LogP contribution in [0.25, 0.3) is 0 Å². The minimum absolute atomic E-state index is 0.0168. The van der Waals surface area contributed by atoms with Gasteiger partial charge in [0.2, 0.25) is 0 Å². The second kappa shape index (κ2) is 5.30. The Kier molecular flexibility index (Phi) is 3.91. The van der Waals surface area contributed by atoms with Gasteiger partial charge in [-0.3, -0.25) is 0 Å². The zero-order valence-corrected chi connectivity index (χ0v) is 12.0. The lowest BCUT2D eigenvalue weighted by molar-refractivity contribution is -0.101. The van der Waals surface area contributed by atoms with E-state index in [1.807, 2.05) is 27.8 Å². The SMILES string of the molecule is CNc1ncnc(N2CC(CO)OC(C)(C)C2)c1C. The fourth-order valence-electron chi connectivity index (χ4n) is 2.56. The molecule has 1 unspecified atom stereocenters. The average molecular weight is 266 g/mol. The highest BCUT2D eigenvalue weighted by molar-refractivity contribution is 5.58. The van der Waals surface area contributed by atoms with Crippen molar-refractivity contribution in [2.24, 2.45) is 0 Å². The Morgan fingerprint density at radius 1 is 1.53 bits per heavy atom. The lowest BCUT2D eigenvalue weighted by atomic mass is 10.0. The molecule has 1 aromatic heterocycles. The third-order valence-corrected chi connectivity index (χ3v) is 3.28. The monoisotopic (exact) mass is 266 g/mol. The minimum atomic E-state index is -0.303. The van der Waals surface area contributed by atoms with Gasteiger partial charge < -0.3 is 20.1 Å². The first-order valence-electron chi connectivity index (χ1n) is 6.50. The summed E-state index contributed by atoms with van der Waals surface area (Å²) in [6.07, 6.45) is 1.38. The van der Waals surface area contributed by atoms with E-state index in [2.05, 4.69) is 20.2 Å². The predicted molar refractivity (Wildman–Crippen MR) is 74.6 cm³/mol. The van der Waals surface area contributed by atoms with Gasteiger partial charge in [0.15, 0.2) is 0 Å². The number of ether oxygens (including phenoxy) is 1. The zero-order chi connectivity index (χ0) is 14.0. The number of anilines is 2. The largest absolute Gasteiger partial charge is 0.394 e. The van der Waals surface area contributed by atoms with Crippen molar-refractivity contribution in [2.75, 3.05) is 37.0 Å². The maximum atomic E-state index is 9.36. The van der Waals surface area contributed by atoms with Gasteiger partial charge in [0.05, 0.1) is 18.3 Å². The number of hydrogen-bond donors (Lipinski definition) is 2. The highest BCUT2D eigenvalue weighted by Gasteiger charge is 2.34. The quantitative estimate of drug-likeness (QED) is 0.843. The third-order valence-electron chi connectivity index (χ3n) is 3.28. The van der Waals surface area contributed by atoms with Gasteiger partial charge in [0.1, 0.15) is 18.0 Å². The summed E-state index contributed by atoms with van der Waals surface area (Å²) in [5.41, 5.74) is 0.711. The fraction of sp³-hybridized carbons (Fsp3) is 0.692. The Balaban J connectivity index is 2.30. The first-order valence-corrected chi connectivity index (χ1v) is 6.50. The summed E-state index contributed by atoms with van der Waals surface area (Å²) in [6.45, 7) is 7.45. The molecule has 1 aliphatic heterocycles. The molecule has 1 atom stereocenters. The summed E-state index contributed by atoms with van der Waals surface area (Å²) < 4.78 is 5.82. The summed E-state index contributed by atoms with van der Waals surface area (Å²) in [4.78, 5) is 10.7. The van der Waals surface area contributed by atoms with Gasteiger partial charge in [-0.1, -0.05) is 0 Å². The lowest BCUT2D eigenvalue weighted by Gasteiger charge is -2.43. The van der Waals surface area contributed by atoms with Crippen LogP contribution < -0.4 is 10.2 Å². The molecule has 2 heterocycles. The highest BCUT2D eigenvalue weighted by Crippen LogP contribution is 2.28. The molecular weight excluding hydrogens is 244 g/mol. The van der Waals surface area contributed by atoms with Crippen LogP contribution in [0.15, 0.2) is 6.33 Å². The molecule has 6 nitrogen and oxygen atoms in total. The van der Waals surface area contributed by atoms with Crippen molar-refractivity contribution in [3.63, 3.8) is 0 Å². The average Bonchev–Trinajstić information content (AvgIpc) is 2.37. The Hall–Kier alpha value is -1.40. The molecule has 0 radical (unpaired) electrons. The summed E-state index contributed by atoms with van der Waals surface area (Å²) >= 11 is 0. The Labute approximate surface area is 113 Å². The van der Waals surface area contributed by atoms with Crippen LogP contribution in [0.5, 0.6) is 0 Å². The molecule has 0 bridgehead atoms. The van der Waals surface area contributed by atoms with Crippen molar-refractivity contribution < 1.29 is 9.84 Å². The molecule has 0 saturated carbocycles. The normalized spacial score (nSPS) is 22.4. The van der Waals surface area contributed by atoms with Gasteiger partial charge in [-0.2, -0.15) is 0 Å². The number of aliphatic hydroxyl groups excluding tert-OH is 1. The molecule has 0 aliphatic carbocycles. The van der Waals surface area contributed by atoms with E-state index in [9.17, 15) is 5.11 Å². The number of morpholine rings is 1. The van der Waals surface area contributed by atoms with Gasteiger partial charge in [-0.05, 0) is 20.8 Å². The molecule has 1 saturated heterocycles. The molecule has 1 aliphatic rings. The molecule has 2 N–H and O–H groups in total. The smallest absolute Gasteiger partial charge is 0.137 e. The van der Waals surface area contributed by atoms with Crippen molar-refractivity contribution in [3.8, 4) is 0 Å². The molecule has 0 spiro atoms. The van der Waals surface area contributed by atoms with Gasteiger partial charge in [-0.25, -0.2) is 9.97 Å². The van der Waals surface area contributed by atoms with E-state index >= 15 is 0 Å². The Morgan fingerprint density at radius 2 is 2.26 bits per heavy atom. The van der Waals surface area contributed by atoms with Crippen LogP contribution in [-0.2, 0) is 4.74 Å². The number of rotatable bonds is 3. The number of aromatic nitrogens is 2. The standard InChI is InChI=1S/C13H22N4O2/c1-9-11(14-4)15-8-16-12(9)17-5-10(6-18)19-13(2,3)7-17/h8,10,18H,5-7H2,1-4H3,(H,14,15,16). The van der Waals surface area contributed by atoms with E-state index in [4.69, 9.17) is 4.74 Å². The van der Waals surface area contributed by atoms with E-state index in [0.29, 0.717) is 6.54 Å². The van der Waals surface area contributed by atoms with Crippen LogP contribution in [-0.4, -0.2) is 53.5 Å². The summed E-state index contributed by atoms with van der Waals surface area (Å²) in [5, 5.41) is 12.4. The topological polar surface area (TPSA) is 70.5 Å². The van der Waals surface area contributed by atoms with Crippen LogP contribution in [0, 0.1) is 6.92 Å². The van der Waals surface area contributed by atoms with Crippen LogP contribution in [0.2, 0.25) is 0 Å². The highest BCUT2D eigenvalue weighted by atomic mass is 16.5. The van der Waals surface area contributed by atoms with Crippen LogP contribution in [0.3, 0.4) is 0 Å². The number of nitrogens with one attached hydrogen (secondary N) is 1. The van der Waals surface area contributed by atoms with E-state index in [1.54, 1.807) is 6.33 Å². The number of hydrogen-bond acceptors (Lipinski definition) is 6. The number of aliphatic hydroxyl groups is 1. The first kappa shape index (κ1) is 14.0. The van der Waals surface area contributed by atoms with Crippen molar-refractivity contribution in [2.45, 2.75) is 32.5 Å². The third kappa shape index (κ3) is 2.96. The molecule has 0 amide bonds. The van der Waals surface area contributed by atoms with Crippen molar-refractivity contribution in [1.29, 1.82) is 0 Å². The molecule has 106 valence electrons. The van der Waals surface area contributed by atoms with E-state index in [-0.39, 0.29) is 18.3 Å². The lowest BCUT2D eigenvalue weighted by Crippen LogP contribution is -2.54. The Bertz CT molecular complexity index is 450. The summed E-state index contributed by atoms with van der Waals surface area (Å²) in [7, 11) is 1.85. The van der Waals surface area contributed by atoms with Crippen LogP contribution in [0.4, 0.5) is 11.6 Å². The van der Waals surface area contributed by atoms with E-state index in [1.165, 1.54) is 0 Å². The zero-order valence-electron chi connectivity index (χ0n) is 12.0. The fourth-order valence-corrected chi connectivity index (χ4v) is 2.56. The Morgan fingerprint density at radius 3 is 2.89 bits per heavy atom. The van der Waals surface area contributed by atoms with Gasteiger partial charge >= 0.3 is 0 Å². The van der Waals surface area contributed by atoms with E-state index < -0.39 is 0 Å². The van der Waals surface area contributed by atoms with Gasteiger partial charge in [0, 0.05) is 25.7 Å². The van der Waals surface area contributed by atoms with E-state index in [0.717, 1.165) is 23.7 Å². The van der Waals surface area contributed by atoms with Gasteiger partial charge in [0.25, 0.3) is 0 Å². The molecule has 19 heavy (non-hydrogen) atoms. The van der Waals surface area contributed by atoms with Gasteiger partial charge in [-0.15, -0.1) is 0 Å². The number of nitrogens with zero attached hydrogens (tertiary/aromatic N) is 3. The second-order valence-electron chi connectivity index (χ2n) is 5.48. The summed E-state index contributed by atoms with van der Waals surface area (Å²) in [6, 6.07) is 0. The molecule has 1 aromatic rings. The molecule has 1 fully saturated rings. The van der Waals surface area contributed by atoms with Crippen LogP contribution in [0.1, 0.15) is 19.4 Å². The predicted octanol–water partition coefficient (Wildman–Crippen LogP) is 0.803. The van der Waals surface area contributed by atoms with Crippen molar-refractivity contribution in [3.05, 3.63) is 11.9 Å². The van der Waals surface area contributed by atoms with Crippen molar-refractivity contribution in [1.82, 2.24) is 9.97 Å². The second-order valence-corrected chi connectivity index (χ2v) is 5.48. The van der Waals surface area contributed by atoms with Crippen LogP contribution >= 0.6 is 0 Å². The molecule has 0 aromatic carbocycles. The first-order chi connectivity index (χ1) is 8.96. The van der Waals surface area contributed by atoms with Crippen molar-refractivity contribution >= 4 is 11.6 Å².